The molecule has 0 radical (unpaired) electrons. The van der Waals surface area contributed by atoms with Crippen LogP contribution in [0.1, 0.15) is 42.1 Å². The topological polar surface area (TPSA) is 86.1 Å². The molecule has 0 unspecified atom stereocenters. The normalized spacial score (nSPS) is 19.5. The minimum atomic E-state index is -0.429. The first-order valence-corrected chi connectivity index (χ1v) is 9.41. The van der Waals surface area contributed by atoms with Crippen LogP contribution >= 0.6 is 0 Å². The summed E-state index contributed by atoms with van der Waals surface area (Å²) in [6.45, 7) is 0. The number of nitrogens with zero attached hydrogens (tertiary/aromatic N) is 3. The first-order valence-electron chi connectivity index (χ1n) is 9.41. The maximum absolute atomic E-state index is 12.9. The van der Waals surface area contributed by atoms with Crippen LogP contribution in [0.4, 0.5) is 5.69 Å². The first kappa shape index (κ1) is 18.3. The van der Waals surface area contributed by atoms with Crippen molar-refractivity contribution >= 4 is 22.6 Å². The zero-order valence-corrected chi connectivity index (χ0v) is 15.7. The number of carbonyl (C=O) groups is 1. The highest BCUT2D eigenvalue weighted by molar-refractivity contribution is 6.05. The second-order valence-electron chi connectivity index (χ2n) is 7.01. The quantitative estimate of drug-likeness (QED) is 0.754. The van der Waals surface area contributed by atoms with Crippen molar-refractivity contribution < 1.29 is 9.53 Å². The molecule has 1 aliphatic rings. The summed E-state index contributed by atoms with van der Waals surface area (Å²) in [5, 5.41) is 3.23. The molecule has 1 saturated carbocycles. The molecule has 0 aliphatic heterocycles. The number of rotatable bonds is 4. The van der Waals surface area contributed by atoms with Gasteiger partial charge in [0.2, 0.25) is 5.43 Å². The van der Waals surface area contributed by atoms with E-state index < -0.39 is 5.91 Å². The van der Waals surface area contributed by atoms with Crippen LogP contribution in [0, 0.1) is 0 Å². The monoisotopic (exact) mass is 378 g/mol. The molecule has 1 amide bonds. The largest absolute Gasteiger partial charge is 0.381 e. The van der Waals surface area contributed by atoms with Crippen LogP contribution in [0.5, 0.6) is 0 Å². The molecule has 1 N–H and O–H groups in total. The van der Waals surface area contributed by atoms with Gasteiger partial charge in [0.25, 0.3) is 5.91 Å². The van der Waals surface area contributed by atoms with E-state index in [9.17, 15) is 9.59 Å². The minimum Gasteiger partial charge on any atom is -0.381 e. The number of hydrogen-bond donors (Lipinski definition) is 1. The van der Waals surface area contributed by atoms with Gasteiger partial charge in [0, 0.05) is 43.6 Å². The number of methoxy groups -OCH3 is 1. The fourth-order valence-corrected chi connectivity index (χ4v) is 3.82. The molecule has 28 heavy (non-hydrogen) atoms. The molecule has 0 spiro atoms. The van der Waals surface area contributed by atoms with Crippen LogP contribution < -0.4 is 10.7 Å². The Kier molecular flexibility index (Phi) is 5.16. The fourth-order valence-electron chi connectivity index (χ4n) is 3.82. The Bertz CT molecular complexity index is 1040. The van der Waals surface area contributed by atoms with E-state index in [1.54, 1.807) is 56.2 Å². The third kappa shape index (κ3) is 3.53. The highest BCUT2D eigenvalue weighted by Gasteiger charge is 2.25. The third-order valence-corrected chi connectivity index (χ3v) is 5.34. The molecule has 3 aromatic rings. The van der Waals surface area contributed by atoms with E-state index in [1.165, 1.54) is 0 Å². The summed E-state index contributed by atoms with van der Waals surface area (Å²) in [6, 6.07) is 7.00. The van der Waals surface area contributed by atoms with Gasteiger partial charge in [-0.2, -0.15) is 0 Å². The molecule has 144 valence electrons. The predicted octanol–water partition coefficient (Wildman–Crippen LogP) is 3.17. The summed E-state index contributed by atoms with van der Waals surface area (Å²) in [4.78, 5) is 34.1. The number of aromatic nitrogens is 3. The van der Waals surface area contributed by atoms with Crippen molar-refractivity contribution in [2.45, 2.75) is 37.8 Å². The van der Waals surface area contributed by atoms with Gasteiger partial charge in [-0.1, -0.05) is 0 Å². The lowest BCUT2D eigenvalue weighted by Crippen LogP contribution is -2.28. The smallest absolute Gasteiger partial charge is 0.261 e. The highest BCUT2D eigenvalue weighted by atomic mass is 16.5. The molecule has 4 rings (SSSR count). The van der Waals surface area contributed by atoms with E-state index in [1.807, 2.05) is 4.57 Å². The molecule has 0 aromatic carbocycles. The van der Waals surface area contributed by atoms with Gasteiger partial charge in [0.05, 0.1) is 11.5 Å². The maximum Gasteiger partial charge on any atom is 0.261 e. The van der Waals surface area contributed by atoms with Gasteiger partial charge in [0.15, 0.2) is 0 Å². The van der Waals surface area contributed by atoms with Gasteiger partial charge in [-0.25, -0.2) is 4.98 Å². The molecule has 3 heterocycles. The van der Waals surface area contributed by atoms with Gasteiger partial charge in [0.1, 0.15) is 11.2 Å². The number of nitrogens with one attached hydrogen (secondary N) is 1. The second kappa shape index (κ2) is 7.90. The third-order valence-electron chi connectivity index (χ3n) is 5.34. The van der Waals surface area contributed by atoms with Crippen molar-refractivity contribution in [3.63, 3.8) is 0 Å². The van der Waals surface area contributed by atoms with Crippen molar-refractivity contribution in [3.8, 4) is 0 Å². The Morgan fingerprint density at radius 3 is 2.61 bits per heavy atom. The zero-order valence-electron chi connectivity index (χ0n) is 15.7. The molecule has 7 nitrogen and oxygen atoms in total. The highest BCUT2D eigenvalue weighted by Crippen LogP contribution is 2.31. The maximum atomic E-state index is 12.9. The summed E-state index contributed by atoms with van der Waals surface area (Å²) >= 11 is 0. The molecule has 7 heteroatoms. The van der Waals surface area contributed by atoms with Gasteiger partial charge >= 0.3 is 0 Å². The van der Waals surface area contributed by atoms with Crippen molar-refractivity contribution in [1.82, 2.24) is 14.5 Å². The lowest BCUT2D eigenvalue weighted by atomic mass is 9.92. The molecule has 1 fully saturated rings. The first-order chi connectivity index (χ1) is 13.7. The Morgan fingerprint density at radius 2 is 1.89 bits per heavy atom. The number of pyridine rings is 3. The molecule has 0 saturated heterocycles. The Labute approximate surface area is 162 Å². The van der Waals surface area contributed by atoms with E-state index in [4.69, 9.17) is 4.74 Å². The van der Waals surface area contributed by atoms with Gasteiger partial charge in [-0.05, 0) is 49.9 Å². The number of fused-ring (bicyclic) bond motifs is 1. The van der Waals surface area contributed by atoms with E-state index in [0.29, 0.717) is 16.7 Å². The van der Waals surface area contributed by atoms with Crippen LogP contribution in [0.2, 0.25) is 0 Å². The van der Waals surface area contributed by atoms with Crippen LogP contribution in [0.15, 0.2) is 53.8 Å². The zero-order chi connectivity index (χ0) is 19.5. The fraction of sp³-hybridized carbons (Fsp3) is 0.333. The Morgan fingerprint density at radius 1 is 1.14 bits per heavy atom. The molecule has 3 aromatic heterocycles. The average molecular weight is 378 g/mol. The van der Waals surface area contributed by atoms with Gasteiger partial charge in [-0.15, -0.1) is 0 Å². The summed E-state index contributed by atoms with van der Waals surface area (Å²) in [5.74, 6) is -0.429. The number of anilines is 1. The van der Waals surface area contributed by atoms with E-state index in [2.05, 4.69) is 15.3 Å². The van der Waals surface area contributed by atoms with Crippen LogP contribution in [0.3, 0.4) is 0 Å². The summed E-state index contributed by atoms with van der Waals surface area (Å²) < 4.78 is 7.46. The second-order valence-corrected chi connectivity index (χ2v) is 7.01. The number of carbonyl (C=O) groups excluding carboxylic acids is 1. The molecular weight excluding hydrogens is 356 g/mol. The van der Waals surface area contributed by atoms with Crippen LogP contribution in [-0.2, 0) is 4.74 Å². The SMILES string of the molecule is COC1CCC(n2cc(C(=O)Nc3ccncc3)c(=O)c3cccnc32)CC1. The standard InChI is InChI=1S/C21H22N4O3/c1-28-16-6-4-15(5-7-16)25-13-18(19(26)17-3-2-10-23-20(17)25)21(27)24-14-8-11-22-12-9-14/h2-3,8-13,15-16H,4-7H2,1H3,(H,22,24,27). The van der Waals surface area contributed by atoms with Gasteiger partial charge < -0.3 is 14.6 Å². The summed E-state index contributed by atoms with van der Waals surface area (Å²) in [7, 11) is 1.74. The molecule has 1 aliphatic carbocycles. The van der Waals surface area contributed by atoms with Crippen molar-refractivity contribution in [2.75, 3.05) is 12.4 Å². The number of amides is 1. The molecular formula is C21H22N4O3. The Balaban J connectivity index is 1.74. The lowest BCUT2D eigenvalue weighted by Gasteiger charge is -2.30. The van der Waals surface area contributed by atoms with Gasteiger partial charge in [-0.3, -0.25) is 14.6 Å². The molecule has 0 bridgehead atoms. The van der Waals surface area contributed by atoms with E-state index in [0.717, 1.165) is 25.7 Å². The van der Waals surface area contributed by atoms with Crippen molar-refractivity contribution in [3.05, 3.63) is 64.8 Å². The van der Waals surface area contributed by atoms with E-state index in [-0.39, 0.29) is 23.1 Å². The number of ether oxygens (including phenoxy) is 1. The number of hydrogen-bond acceptors (Lipinski definition) is 5. The van der Waals surface area contributed by atoms with Crippen LogP contribution in [-0.4, -0.2) is 33.7 Å². The average Bonchev–Trinajstić information content (AvgIpc) is 2.75. The summed E-state index contributed by atoms with van der Waals surface area (Å²) in [6.07, 6.45) is 10.5. The predicted molar refractivity (Wildman–Crippen MR) is 106 cm³/mol. The molecule has 0 atom stereocenters. The van der Waals surface area contributed by atoms with E-state index >= 15 is 0 Å². The van der Waals surface area contributed by atoms with Crippen LogP contribution in [0.25, 0.3) is 11.0 Å². The van der Waals surface area contributed by atoms with Crippen molar-refractivity contribution in [1.29, 1.82) is 0 Å². The Hall–Kier alpha value is -3.06. The van der Waals surface area contributed by atoms with Crippen molar-refractivity contribution in [2.24, 2.45) is 0 Å². The summed E-state index contributed by atoms with van der Waals surface area (Å²) in [5.41, 5.74) is 1.02. The lowest BCUT2D eigenvalue weighted by molar-refractivity contribution is 0.0588. The minimum absolute atomic E-state index is 0.117.